The van der Waals surface area contributed by atoms with Crippen LogP contribution in [-0.2, 0) is 6.61 Å². The molecule has 1 amide bonds. The maximum Gasteiger partial charge on any atom is 0.257 e. The summed E-state index contributed by atoms with van der Waals surface area (Å²) in [5.41, 5.74) is 3.73. The molecule has 0 atom stereocenters. The average Bonchev–Trinajstić information content (AvgIpc) is 3.52. The van der Waals surface area contributed by atoms with E-state index in [0.29, 0.717) is 34.5 Å². The van der Waals surface area contributed by atoms with E-state index in [2.05, 4.69) is 15.5 Å². The number of benzene rings is 2. The zero-order valence-corrected chi connectivity index (χ0v) is 18.2. The molecule has 0 aliphatic carbocycles. The standard InChI is InChI=1S/C24H19N3O4S/c1-14-19(15(2)31-27-14)12-29-18-9-7-16(8-10-18)23(28)26-24-25-20(13-32-24)22-11-17-5-3-4-6-21(17)30-22/h3-11,13H,12H2,1-2H3,(H,25,26,28). The van der Waals surface area contributed by atoms with E-state index in [1.54, 1.807) is 24.3 Å². The molecule has 0 bridgehead atoms. The van der Waals surface area contributed by atoms with Gasteiger partial charge in [0.05, 0.1) is 11.3 Å². The number of hydrogen-bond donors (Lipinski definition) is 1. The number of nitrogens with one attached hydrogen (secondary N) is 1. The molecule has 0 saturated carbocycles. The lowest BCUT2D eigenvalue weighted by molar-refractivity contribution is 0.102. The van der Waals surface area contributed by atoms with Crippen molar-refractivity contribution in [2.45, 2.75) is 20.5 Å². The Bertz CT molecular complexity index is 1350. The monoisotopic (exact) mass is 445 g/mol. The molecule has 0 radical (unpaired) electrons. The van der Waals surface area contributed by atoms with Gasteiger partial charge in [-0.3, -0.25) is 10.1 Å². The number of aromatic nitrogens is 2. The van der Waals surface area contributed by atoms with Gasteiger partial charge in [-0.15, -0.1) is 11.3 Å². The SMILES string of the molecule is Cc1noc(C)c1COc1ccc(C(=O)Nc2nc(-c3cc4ccccc4o3)cs2)cc1. The van der Waals surface area contributed by atoms with Crippen molar-refractivity contribution in [1.29, 1.82) is 0 Å². The second kappa shape index (κ2) is 8.32. The number of furan rings is 1. The van der Waals surface area contributed by atoms with Gasteiger partial charge in [-0.1, -0.05) is 23.4 Å². The minimum atomic E-state index is -0.243. The molecule has 8 heteroatoms. The number of carbonyl (C=O) groups excluding carboxylic acids is 1. The van der Waals surface area contributed by atoms with Crippen LogP contribution in [0.25, 0.3) is 22.4 Å². The number of para-hydroxylation sites is 1. The number of rotatable bonds is 6. The third kappa shape index (κ3) is 4.00. The first-order valence-electron chi connectivity index (χ1n) is 9.97. The van der Waals surface area contributed by atoms with Gasteiger partial charge in [-0.25, -0.2) is 4.98 Å². The van der Waals surface area contributed by atoms with Crippen LogP contribution in [-0.4, -0.2) is 16.0 Å². The zero-order chi connectivity index (χ0) is 22.1. The van der Waals surface area contributed by atoms with Crippen molar-refractivity contribution < 1.29 is 18.5 Å². The molecule has 0 spiro atoms. The Morgan fingerprint density at radius 3 is 2.69 bits per heavy atom. The average molecular weight is 446 g/mol. The van der Waals surface area contributed by atoms with Crippen LogP contribution in [0.5, 0.6) is 5.75 Å². The molecule has 160 valence electrons. The van der Waals surface area contributed by atoms with E-state index in [1.165, 1.54) is 11.3 Å². The summed E-state index contributed by atoms with van der Waals surface area (Å²) in [6.07, 6.45) is 0. The van der Waals surface area contributed by atoms with Crippen molar-refractivity contribution >= 4 is 33.3 Å². The summed E-state index contributed by atoms with van der Waals surface area (Å²) in [5.74, 6) is 1.82. The summed E-state index contributed by atoms with van der Waals surface area (Å²) in [5, 5.41) is 10.1. The lowest BCUT2D eigenvalue weighted by atomic mass is 10.2. The number of aryl methyl sites for hydroxylation is 2. The highest BCUT2D eigenvalue weighted by Gasteiger charge is 2.14. The third-order valence-electron chi connectivity index (χ3n) is 5.08. The normalized spacial score (nSPS) is 11.1. The van der Waals surface area contributed by atoms with Crippen LogP contribution in [0, 0.1) is 13.8 Å². The Morgan fingerprint density at radius 2 is 1.94 bits per heavy atom. The predicted molar refractivity (Wildman–Crippen MR) is 122 cm³/mol. The van der Waals surface area contributed by atoms with Gasteiger partial charge in [0.2, 0.25) is 0 Å². The molecule has 1 N–H and O–H groups in total. The number of nitrogens with zero attached hydrogens (tertiary/aromatic N) is 2. The lowest BCUT2D eigenvalue weighted by Gasteiger charge is -2.07. The van der Waals surface area contributed by atoms with Crippen LogP contribution >= 0.6 is 11.3 Å². The van der Waals surface area contributed by atoms with Crippen molar-refractivity contribution in [1.82, 2.24) is 10.1 Å². The number of carbonyl (C=O) groups is 1. The van der Waals surface area contributed by atoms with E-state index in [9.17, 15) is 4.79 Å². The Balaban J connectivity index is 1.23. The van der Waals surface area contributed by atoms with Gasteiger partial charge < -0.3 is 13.7 Å². The molecule has 0 saturated heterocycles. The summed E-state index contributed by atoms with van der Waals surface area (Å²) >= 11 is 1.35. The Morgan fingerprint density at radius 1 is 1.12 bits per heavy atom. The topological polar surface area (TPSA) is 90.4 Å². The molecule has 3 heterocycles. The number of thiazole rings is 1. The second-order valence-corrected chi connectivity index (χ2v) is 8.11. The summed E-state index contributed by atoms with van der Waals surface area (Å²) in [6.45, 7) is 4.08. The molecule has 5 aromatic rings. The second-order valence-electron chi connectivity index (χ2n) is 7.26. The van der Waals surface area contributed by atoms with Gasteiger partial charge in [-0.2, -0.15) is 0 Å². The molecular weight excluding hydrogens is 426 g/mol. The van der Waals surface area contributed by atoms with E-state index in [0.717, 1.165) is 28.0 Å². The summed E-state index contributed by atoms with van der Waals surface area (Å²) in [7, 11) is 0. The molecule has 7 nitrogen and oxygen atoms in total. The number of fused-ring (bicyclic) bond motifs is 1. The molecule has 5 rings (SSSR count). The first-order chi connectivity index (χ1) is 15.6. The van der Waals surface area contributed by atoms with Gasteiger partial charge in [0.15, 0.2) is 10.9 Å². The van der Waals surface area contributed by atoms with Gasteiger partial charge >= 0.3 is 0 Å². The lowest BCUT2D eigenvalue weighted by Crippen LogP contribution is -2.11. The Labute approximate surface area is 187 Å². The largest absolute Gasteiger partial charge is 0.489 e. The van der Waals surface area contributed by atoms with E-state index in [4.69, 9.17) is 13.7 Å². The predicted octanol–water partition coefficient (Wildman–Crippen LogP) is 5.99. The van der Waals surface area contributed by atoms with Crippen molar-refractivity contribution in [2.24, 2.45) is 0 Å². The van der Waals surface area contributed by atoms with E-state index < -0.39 is 0 Å². The molecule has 2 aromatic carbocycles. The summed E-state index contributed by atoms with van der Waals surface area (Å²) in [6, 6.07) is 16.7. The van der Waals surface area contributed by atoms with Crippen molar-refractivity contribution in [2.75, 3.05) is 5.32 Å². The molecule has 0 aliphatic heterocycles. The van der Waals surface area contributed by atoms with Crippen LogP contribution in [0.1, 0.15) is 27.4 Å². The molecule has 0 aliphatic rings. The fourth-order valence-electron chi connectivity index (χ4n) is 3.29. The number of anilines is 1. The quantitative estimate of drug-likeness (QED) is 0.345. The smallest absolute Gasteiger partial charge is 0.257 e. The number of hydrogen-bond acceptors (Lipinski definition) is 7. The molecular formula is C24H19N3O4S. The maximum atomic E-state index is 12.6. The minimum absolute atomic E-state index is 0.243. The van der Waals surface area contributed by atoms with Gasteiger partial charge in [0, 0.05) is 16.3 Å². The van der Waals surface area contributed by atoms with Gasteiger partial charge in [-0.05, 0) is 50.2 Å². The fourth-order valence-corrected chi connectivity index (χ4v) is 3.98. The van der Waals surface area contributed by atoms with Crippen LogP contribution in [0.3, 0.4) is 0 Å². The number of ether oxygens (including phenoxy) is 1. The van der Waals surface area contributed by atoms with Gasteiger partial charge in [0.25, 0.3) is 5.91 Å². The van der Waals surface area contributed by atoms with Crippen molar-refractivity contribution in [3.63, 3.8) is 0 Å². The van der Waals surface area contributed by atoms with Crippen LogP contribution < -0.4 is 10.1 Å². The summed E-state index contributed by atoms with van der Waals surface area (Å²) < 4.78 is 16.8. The van der Waals surface area contributed by atoms with E-state index in [1.807, 2.05) is 49.6 Å². The third-order valence-corrected chi connectivity index (χ3v) is 5.84. The molecule has 0 unspecified atom stereocenters. The first kappa shape index (κ1) is 20.0. The highest BCUT2D eigenvalue weighted by Crippen LogP contribution is 2.30. The Hall–Kier alpha value is -3.91. The van der Waals surface area contributed by atoms with Crippen molar-refractivity contribution in [3.05, 3.63) is 82.6 Å². The van der Waals surface area contributed by atoms with Crippen LogP contribution in [0.15, 0.2) is 68.9 Å². The summed E-state index contributed by atoms with van der Waals surface area (Å²) in [4.78, 5) is 17.1. The van der Waals surface area contributed by atoms with Gasteiger partial charge in [0.1, 0.15) is 29.4 Å². The molecule has 0 fully saturated rings. The van der Waals surface area contributed by atoms with Crippen LogP contribution in [0.2, 0.25) is 0 Å². The highest BCUT2D eigenvalue weighted by atomic mass is 32.1. The number of amides is 1. The minimum Gasteiger partial charge on any atom is -0.489 e. The highest BCUT2D eigenvalue weighted by molar-refractivity contribution is 7.14. The Kier molecular flexibility index (Phi) is 5.20. The zero-order valence-electron chi connectivity index (χ0n) is 17.4. The maximum absolute atomic E-state index is 12.6. The fraction of sp³-hybridized carbons (Fsp3) is 0.125. The first-order valence-corrected chi connectivity index (χ1v) is 10.9. The molecule has 32 heavy (non-hydrogen) atoms. The van der Waals surface area contributed by atoms with Crippen LogP contribution in [0.4, 0.5) is 5.13 Å². The van der Waals surface area contributed by atoms with E-state index in [-0.39, 0.29) is 5.91 Å². The van der Waals surface area contributed by atoms with Crippen molar-refractivity contribution in [3.8, 4) is 17.2 Å². The van der Waals surface area contributed by atoms with E-state index >= 15 is 0 Å². The molecule has 3 aromatic heterocycles.